The molecule has 0 amide bonds. The molecule has 4 saturated carbocycles. The molecule has 144 valence electrons. The van der Waals surface area contributed by atoms with E-state index in [1.807, 2.05) is 12.1 Å². The number of nitrogens with zero attached hydrogens (tertiary/aromatic N) is 1. The third kappa shape index (κ3) is 2.57. The summed E-state index contributed by atoms with van der Waals surface area (Å²) in [5.74, 6) is 4.77. The third-order valence-corrected chi connectivity index (χ3v) is 8.36. The quantitative estimate of drug-likeness (QED) is 0.551. The first-order valence-electron chi connectivity index (χ1n) is 10.5. The Labute approximate surface area is 170 Å². The van der Waals surface area contributed by atoms with Gasteiger partial charge in [0, 0.05) is 11.1 Å². The molecule has 1 aromatic heterocycles. The van der Waals surface area contributed by atoms with Crippen molar-refractivity contribution in [2.75, 3.05) is 12.4 Å². The molecule has 1 N–H and O–H groups in total. The van der Waals surface area contributed by atoms with Gasteiger partial charge in [-0.05, 0) is 103 Å². The van der Waals surface area contributed by atoms with E-state index in [4.69, 9.17) is 4.74 Å². The lowest BCUT2D eigenvalue weighted by atomic mass is 9.48. The molecule has 0 saturated heterocycles. The van der Waals surface area contributed by atoms with Gasteiger partial charge >= 0.3 is 0 Å². The van der Waals surface area contributed by atoms with Crippen molar-refractivity contribution in [2.45, 2.75) is 43.9 Å². The van der Waals surface area contributed by atoms with Gasteiger partial charge in [0.25, 0.3) is 0 Å². The van der Waals surface area contributed by atoms with Gasteiger partial charge in [0.2, 0.25) is 0 Å². The average Bonchev–Trinajstić information content (AvgIpc) is 3.10. The van der Waals surface area contributed by atoms with Crippen LogP contribution in [0.25, 0.3) is 10.1 Å². The fraction of sp³-hybridized carbons (Fsp3) is 0.458. The maximum atomic E-state index is 5.47. The summed E-state index contributed by atoms with van der Waals surface area (Å²) in [5.41, 5.74) is 3.15. The van der Waals surface area contributed by atoms with Crippen molar-refractivity contribution in [2.24, 2.45) is 17.8 Å². The first-order valence-corrected chi connectivity index (χ1v) is 11.3. The fourth-order valence-corrected chi connectivity index (χ4v) is 7.53. The summed E-state index contributed by atoms with van der Waals surface area (Å²) in [6, 6.07) is 15.4. The minimum atomic E-state index is 0.466. The molecule has 4 aliphatic rings. The van der Waals surface area contributed by atoms with Crippen LogP contribution >= 0.6 is 11.5 Å². The summed E-state index contributed by atoms with van der Waals surface area (Å²) in [5, 5.41) is 4.64. The number of nitrogens with one attached hydrogen (secondary N) is 1. The Morgan fingerprint density at radius 1 is 0.964 bits per heavy atom. The molecule has 4 fully saturated rings. The van der Waals surface area contributed by atoms with Crippen LogP contribution in [-0.2, 0) is 5.41 Å². The number of ether oxygens (including phenoxy) is 1. The van der Waals surface area contributed by atoms with Crippen molar-refractivity contribution >= 4 is 33.1 Å². The molecule has 0 radical (unpaired) electrons. The standard InChI is InChI=1S/C24H26N2OS/c1-27-21-4-2-3-20-22(21)28-26-23(20)25-19-7-5-18(6-8-19)24-12-15-9-16(13-24)11-17(10-15)14-24/h2-8,15-17H,9-14H2,1H3,(H,25,26). The summed E-state index contributed by atoms with van der Waals surface area (Å²) in [4.78, 5) is 0. The first kappa shape index (κ1) is 16.8. The van der Waals surface area contributed by atoms with Gasteiger partial charge in [-0.25, -0.2) is 0 Å². The van der Waals surface area contributed by atoms with Crippen molar-refractivity contribution in [1.82, 2.24) is 4.37 Å². The Bertz CT molecular complexity index is 987. The largest absolute Gasteiger partial charge is 0.495 e. The second-order valence-electron chi connectivity index (χ2n) is 9.27. The lowest BCUT2D eigenvalue weighted by molar-refractivity contribution is -0.00518. The number of aromatic nitrogens is 1. The SMILES string of the molecule is COc1cccc2c(Nc3ccc(C45CC6CC(CC(C6)C4)C5)cc3)nsc12. The van der Waals surface area contributed by atoms with Gasteiger partial charge in [0.05, 0.1) is 11.8 Å². The van der Waals surface area contributed by atoms with Crippen molar-refractivity contribution in [3.63, 3.8) is 0 Å². The average molecular weight is 391 g/mol. The van der Waals surface area contributed by atoms with Crippen molar-refractivity contribution in [3.8, 4) is 5.75 Å². The molecule has 1 heterocycles. The molecule has 0 unspecified atom stereocenters. The molecule has 4 bridgehead atoms. The second kappa shape index (κ2) is 6.21. The Morgan fingerprint density at radius 2 is 1.64 bits per heavy atom. The number of fused-ring (bicyclic) bond motifs is 1. The lowest BCUT2D eigenvalue weighted by Crippen LogP contribution is -2.48. The predicted molar refractivity (Wildman–Crippen MR) is 116 cm³/mol. The van der Waals surface area contributed by atoms with E-state index in [1.165, 1.54) is 50.1 Å². The van der Waals surface area contributed by atoms with Gasteiger partial charge in [-0.1, -0.05) is 18.2 Å². The third-order valence-electron chi connectivity index (χ3n) is 7.48. The number of rotatable bonds is 4. The zero-order valence-corrected chi connectivity index (χ0v) is 17.1. The number of hydrogen-bond acceptors (Lipinski definition) is 4. The zero-order chi connectivity index (χ0) is 18.7. The first-order chi connectivity index (χ1) is 13.7. The molecular formula is C24H26N2OS. The number of hydrogen-bond donors (Lipinski definition) is 1. The van der Waals surface area contributed by atoms with E-state index < -0.39 is 0 Å². The van der Waals surface area contributed by atoms with Gasteiger partial charge < -0.3 is 10.1 Å². The Hall–Kier alpha value is -2.07. The van der Waals surface area contributed by atoms with E-state index in [1.54, 1.807) is 12.7 Å². The van der Waals surface area contributed by atoms with Gasteiger partial charge in [-0.3, -0.25) is 0 Å². The van der Waals surface area contributed by atoms with Crippen LogP contribution in [0.3, 0.4) is 0 Å². The second-order valence-corrected chi connectivity index (χ2v) is 10.0. The molecule has 4 heteroatoms. The topological polar surface area (TPSA) is 34.1 Å². The van der Waals surface area contributed by atoms with Gasteiger partial charge in [0.15, 0.2) is 5.82 Å². The maximum absolute atomic E-state index is 5.47. The molecule has 4 aliphatic carbocycles. The molecule has 2 aromatic carbocycles. The van der Waals surface area contributed by atoms with E-state index in [0.717, 1.165) is 45.1 Å². The van der Waals surface area contributed by atoms with Gasteiger partial charge in [-0.2, -0.15) is 4.37 Å². The minimum Gasteiger partial charge on any atom is -0.495 e. The smallest absolute Gasteiger partial charge is 0.152 e. The summed E-state index contributed by atoms with van der Waals surface area (Å²) in [6.45, 7) is 0. The highest BCUT2D eigenvalue weighted by molar-refractivity contribution is 7.14. The number of methoxy groups -OCH3 is 1. The predicted octanol–water partition coefficient (Wildman–Crippen LogP) is 6.52. The molecular weight excluding hydrogens is 364 g/mol. The molecule has 28 heavy (non-hydrogen) atoms. The van der Waals surface area contributed by atoms with Crippen LogP contribution in [0.2, 0.25) is 0 Å². The molecule has 3 nitrogen and oxygen atoms in total. The monoisotopic (exact) mass is 390 g/mol. The van der Waals surface area contributed by atoms with Crippen molar-refractivity contribution in [1.29, 1.82) is 0 Å². The van der Waals surface area contributed by atoms with Crippen molar-refractivity contribution < 1.29 is 4.74 Å². The van der Waals surface area contributed by atoms with Crippen LogP contribution in [0.1, 0.15) is 44.1 Å². The van der Waals surface area contributed by atoms with Crippen LogP contribution < -0.4 is 10.1 Å². The van der Waals surface area contributed by atoms with Crippen LogP contribution in [0.5, 0.6) is 5.75 Å². The van der Waals surface area contributed by atoms with E-state index in [9.17, 15) is 0 Å². The molecule has 0 aliphatic heterocycles. The van der Waals surface area contributed by atoms with E-state index >= 15 is 0 Å². The Kier molecular flexibility index (Phi) is 3.74. The molecule has 7 rings (SSSR count). The normalized spacial score (nSPS) is 30.7. The van der Waals surface area contributed by atoms with Crippen LogP contribution in [0.15, 0.2) is 42.5 Å². The summed E-state index contributed by atoms with van der Waals surface area (Å²) in [7, 11) is 1.71. The van der Waals surface area contributed by atoms with Crippen molar-refractivity contribution in [3.05, 3.63) is 48.0 Å². The van der Waals surface area contributed by atoms with Crippen LogP contribution in [-0.4, -0.2) is 11.5 Å². The summed E-state index contributed by atoms with van der Waals surface area (Å²) < 4.78 is 11.2. The van der Waals surface area contributed by atoms with Crippen LogP contribution in [0.4, 0.5) is 11.5 Å². The molecule has 0 atom stereocenters. The number of anilines is 2. The van der Waals surface area contributed by atoms with E-state index in [0.29, 0.717) is 5.41 Å². The Morgan fingerprint density at radius 3 is 2.29 bits per heavy atom. The van der Waals surface area contributed by atoms with Crippen LogP contribution in [0, 0.1) is 17.8 Å². The van der Waals surface area contributed by atoms with Gasteiger partial charge in [-0.15, -0.1) is 0 Å². The lowest BCUT2D eigenvalue weighted by Gasteiger charge is -2.57. The van der Waals surface area contributed by atoms with Gasteiger partial charge in [0.1, 0.15) is 5.75 Å². The minimum absolute atomic E-state index is 0.466. The molecule has 0 spiro atoms. The molecule has 3 aromatic rings. The zero-order valence-electron chi connectivity index (χ0n) is 16.3. The van der Waals surface area contributed by atoms with E-state index in [-0.39, 0.29) is 0 Å². The number of benzene rings is 2. The maximum Gasteiger partial charge on any atom is 0.152 e. The van der Waals surface area contributed by atoms with E-state index in [2.05, 4.69) is 40.0 Å². The Balaban J connectivity index is 1.27. The summed E-state index contributed by atoms with van der Waals surface area (Å²) >= 11 is 1.49. The fourth-order valence-electron chi connectivity index (χ4n) is 6.70. The summed E-state index contributed by atoms with van der Waals surface area (Å²) in [6.07, 6.45) is 8.75. The highest BCUT2D eigenvalue weighted by Gasteiger charge is 2.51. The highest BCUT2D eigenvalue weighted by atomic mass is 32.1. The highest BCUT2D eigenvalue weighted by Crippen LogP contribution is 2.60.